The largest absolute Gasteiger partial charge is 0.493 e. The summed E-state index contributed by atoms with van der Waals surface area (Å²) in [5.41, 5.74) is 2.01. The van der Waals surface area contributed by atoms with Crippen molar-refractivity contribution in [3.8, 4) is 11.5 Å². The number of anilines is 1. The van der Waals surface area contributed by atoms with Gasteiger partial charge in [0.2, 0.25) is 0 Å². The van der Waals surface area contributed by atoms with Crippen molar-refractivity contribution < 1.29 is 28.5 Å². The third-order valence-corrected chi connectivity index (χ3v) is 7.35. The summed E-state index contributed by atoms with van der Waals surface area (Å²) in [4.78, 5) is 29.1. The lowest BCUT2D eigenvalue weighted by Crippen LogP contribution is -2.47. The number of ether oxygens (including phenoxy) is 4. The van der Waals surface area contributed by atoms with Crippen molar-refractivity contribution in [1.82, 2.24) is 4.90 Å². The molecule has 3 heterocycles. The van der Waals surface area contributed by atoms with Gasteiger partial charge in [-0.15, -0.1) is 0 Å². The molecule has 1 spiro atoms. The van der Waals surface area contributed by atoms with Gasteiger partial charge in [0.15, 0.2) is 17.3 Å². The second-order valence-electron chi connectivity index (χ2n) is 8.29. The minimum Gasteiger partial charge on any atom is -0.493 e. The van der Waals surface area contributed by atoms with Crippen molar-refractivity contribution in [1.29, 1.82) is 0 Å². The Kier molecular flexibility index (Phi) is 6.24. The van der Waals surface area contributed by atoms with E-state index in [0.29, 0.717) is 66.8 Å². The molecule has 178 valence electrons. The fraction of sp³-hybridized carbons (Fsp3) is 0.360. The van der Waals surface area contributed by atoms with E-state index < -0.39 is 5.79 Å². The van der Waals surface area contributed by atoms with Crippen molar-refractivity contribution in [2.45, 2.75) is 23.5 Å². The number of benzene rings is 2. The average Bonchev–Trinajstić information content (AvgIpc) is 3.32. The van der Waals surface area contributed by atoms with Crippen LogP contribution in [0.25, 0.3) is 6.08 Å². The lowest BCUT2D eigenvalue weighted by molar-refractivity contribution is -0.181. The number of thioether (sulfide) groups is 1. The molecular weight excluding hydrogens is 456 g/mol. The molecular formula is C25H26N2O6S. The first-order chi connectivity index (χ1) is 16.5. The van der Waals surface area contributed by atoms with Crippen molar-refractivity contribution in [2.24, 2.45) is 0 Å². The van der Waals surface area contributed by atoms with E-state index in [1.165, 1.54) is 11.8 Å². The first-order valence-electron chi connectivity index (χ1n) is 11.1. The molecule has 0 atom stereocenters. The smallest absolute Gasteiger partial charge is 0.262 e. The molecule has 0 aromatic heterocycles. The van der Waals surface area contributed by atoms with Crippen molar-refractivity contribution in [3.05, 3.63) is 52.4 Å². The van der Waals surface area contributed by atoms with Gasteiger partial charge in [-0.3, -0.25) is 9.59 Å². The highest BCUT2D eigenvalue weighted by Crippen LogP contribution is 2.40. The van der Waals surface area contributed by atoms with Crippen LogP contribution in [0.4, 0.5) is 5.69 Å². The third kappa shape index (κ3) is 4.38. The number of nitrogens with one attached hydrogen (secondary N) is 1. The van der Waals surface area contributed by atoms with Gasteiger partial charge in [0.05, 0.1) is 38.0 Å². The molecule has 9 heteroatoms. The van der Waals surface area contributed by atoms with E-state index in [-0.39, 0.29) is 11.8 Å². The van der Waals surface area contributed by atoms with E-state index in [9.17, 15) is 9.59 Å². The van der Waals surface area contributed by atoms with E-state index in [1.54, 1.807) is 32.4 Å². The van der Waals surface area contributed by atoms with Crippen LogP contribution in [-0.4, -0.2) is 63.0 Å². The Morgan fingerprint density at radius 2 is 1.79 bits per heavy atom. The summed E-state index contributed by atoms with van der Waals surface area (Å²) in [6, 6.07) is 10.9. The van der Waals surface area contributed by atoms with E-state index in [1.807, 2.05) is 29.2 Å². The maximum Gasteiger partial charge on any atom is 0.262 e. The number of methoxy groups -OCH3 is 2. The van der Waals surface area contributed by atoms with Crippen LogP contribution in [0.1, 0.15) is 28.8 Å². The maximum absolute atomic E-state index is 13.1. The molecule has 5 rings (SSSR count). The molecule has 2 amide bonds. The number of nitrogens with zero attached hydrogens (tertiary/aromatic N) is 1. The number of likely N-dealkylation sites (tertiary alicyclic amines) is 1. The molecule has 0 radical (unpaired) electrons. The van der Waals surface area contributed by atoms with Gasteiger partial charge in [-0.1, -0.05) is 17.8 Å². The minimum absolute atomic E-state index is 0.0541. The molecule has 2 saturated heterocycles. The van der Waals surface area contributed by atoms with Gasteiger partial charge in [0, 0.05) is 36.4 Å². The molecule has 0 saturated carbocycles. The Morgan fingerprint density at radius 3 is 2.50 bits per heavy atom. The highest BCUT2D eigenvalue weighted by Gasteiger charge is 2.41. The Bertz CT molecular complexity index is 1150. The minimum atomic E-state index is -0.520. The molecule has 2 aromatic rings. The van der Waals surface area contributed by atoms with E-state index in [4.69, 9.17) is 18.9 Å². The highest BCUT2D eigenvalue weighted by molar-refractivity contribution is 8.04. The van der Waals surface area contributed by atoms with Crippen molar-refractivity contribution in [3.63, 3.8) is 0 Å². The summed E-state index contributed by atoms with van der Waals surface area (Å²) >= 11 is 1.37. The Balaban J connectivity index is 1.30. The number of fused-ring (bicyclic) bond motifs is 1. The summed E-state index contributed by atoms with van der Waals surface area (Å²) in [5, 5.41) is 2.92. The number of carbonyl (C=O) groups excluding carboxylic acids is 2. The quantitative estimate of drug-likeness (QED) is 0.664. The van der Waals surface area contributed by atoms with Crippen molar-refractivity contribution in [2.75, 3.05) is 45.8 Å². The first-order valence-corrected chi connectivity index (χ1v) is 12.0. The second-order valence-corrected chi connectivity index (χ2v) is 9.37. The summed E-state index contributed by atoms with van der Waals surface area (Å²) in [6.45, 7) is 2.38. The van der Waals surface area contributed by atoms with Crippen LogP contribution in [-0.2, 0) is 14.3 Å². The van der Waals surface area contributed by atoms with Crippen LogP contribution in [0.2, 0.25) is 0 Å². The van der Waals surface area contributed by atoms with Gasteiger partial charge in [-0.2, -0.15) is 0 Å². The van der Waals surface area contributed by atoms with Crippen LogP contribution in [0.3, 0.4) is 0 Å². The summed E-state index contributed by atoms with van der Waals surface area (Å²) in [7, 11) is 3.15. The monoisotopic (exact) mass is 482 g/mol. The number of carbonyl (C=O) groups is 2. The molecule has 0 unspecified atom stereocenters. The fourth-order valence-electron chi connectivity index (χ4n) is 4.41. The van der Waals surface area contributed by atoms with E-state index in [0.717, 1.165) is 10.5 Å². The van der Waals surface area contributed by atoms with Gasteiger partial charge in [-0.25, -0.2) is 0 Å². The zero-order valence-electron chi connectivity index (χ0n) is 19.1. The summed E-state index contributed by atoms with van der Waals surface area (Å²) in [6.07, 6.45) is 3.14. The topological polar surface area (TPSA) is 86.3 Å². The predicted molar refractivity (Wildman–Crippen MR) is 128 cm³/mol. The standard InChI is InChI=1S/C25H26N2O6S/c1-30-19-5-3-16(13-20(19)31-2)14-22-23(28)26-18-15-17(4-6-21(18)34-22)24(29)27-9-7-25(8-10-27)32-11-12-33-25/h3-6,13-15H,7-12H2,1-2H3,(H,26,28). The van der Waals surface area contributed by atoms with Crippen LogP contribution in [0.5, 0.6) is 11.5 Å². The second kappa shape index (κ2) is 9.32. The Morgan fingerprint density at radius 1 is 1.06 bits per heavy atom. The number of rotatable bonds is 4. The molecule has 1 N–H and O–H groups in total. The van der Waals surface area contributed by atoms with Gasteiger partial charge < -0.3 is 29.2 Å². The third-order valence-electron chi connectivity index (χ3n) is 6.25. The van der Waals surface area contributed by atoms with Gasteiger partial charge >= 0.3 is 0 Å². The Hall–Kier alpha value is -3.01. The lowest BCUT2D eigenvalue weighted by Gasteiger charge is -2.37. The number of hydrogen-bond donors (Lipinski definition) is 1. The maximum atomic E-state index is 13.1. The van der Waals surface area contributed by atoms with Crippen LogP contribution < -0.4 is 14.8 Å². The molecule has 0 bridgehead atoms. The van der Waals surface area contributed by atoms with E-state index in [2.05, 4.69) is 5.32 Å². The van der Waals surface area contributed by atoms with Crippen molar-refractivity contribution >= 4 is 35.3 Å². The number of piperidine rings is 1. The van der Waals surface area contributed by atoms with Crippen LogP contribution in [0.15, 0.2) is 46.2 Å². The molecule has 8 nitrogen and oxygen atoms in total. The van der Waals surface area contributed by atoms with Gasteiger partial charge in [-0.05, 0) is 42.0 Å². The normalized spacial score (nSPS) is 20.2. The molecule has 3 aliphatic rings. The SMILES string of the molecule is COc1ccc(C=C2Sc3ccc(C(=O)N4CCC5(CC4)OCCO5)cc3NC2=O)cc1OC. The molecule has 34 heavy (non-hydrogen) atoms. The van der Waals surface area contributed by atoms with Gasteiger partial charge in [0.1, 0.15) is 0 Å². The zero-order chi connectivity index (χ0) is 23.7. The van der Waals surface area contributed by atoms with Gasteiger partial charge in [0.25, 0.3) is 11.8 Å². The molecule has 3 aliphatic heterocycles. The lowest BCUT2D eigenvalue weighted by atomic mass is 10.0. The average molecular weight is 483 g/mol. The highest BCUT2D eigenvalue weighted by atomic mass is 32.2. The molecule has 0 aliphatic carbocycles. The fourth-order valence-corrected chi connectivity index (χ4v) is 5.34. The zero-order valence-corrected chi connectivity index (χ0v) is 19.9. The molecule has 2 fully saturated rings. The summed E-state index contributed by atoms with van der Waals surface area (Å²) in [5.74, 6) is 0.429. The number of amides is 2. The molecule has 2 aromatic carbocycles. The predicted octanol–water partition coefficient (Wildman–Crippen LogP) is 3.77. The van der Waals surface area contributed by atoms with E-state index >= 15 is 0 Å². The summed E-state index contributed by atoms with van der Waals surface area (Å²) < 4.78 is 22.1. The first kappa shape index (κ1) is 22.8. The van der Waals surface area contributed by atoms with Crippen LogP contribution >= 0.6 is 11.8 Å². The Labute approximate surface area is 202 Å². The number of hydrogen-bond acceptors (Lipinski definition) is 7. The van der Waals surface area contributed by atoms with Crippen LogP contribution in [0, 0.1) is 0 Å².